The average molecular weight is 255 g/mol. The van der Waals surface area contributed by atoms with Crippen LogP contribution in [0.3, 0.4) is 0 Å². The van der Waals surface area contributed by atoms with E-state index in [2.05, 4.69) is 26.6 Å². The van der Waals surface area contributed by atoms with Crippen molar-refractivity contribution in [3.05, 3.63) is 22.7 Å². The van der Waals surface area contributed by atoms with Gasteiger partial charge < -0.3 is 10.6 Å². The van der Waals surface area contributed by atoms with Gasteiger partial charge in [-0.25, -0.2) is 0 Å². The van der Waals surface area contributed by atoms with Crippen LogP contribution in [0.2, 0.25) is 0 Å². The van der Waals surface area contributed by atoms with E-state index in [0.29, 0.717) is 6.54 Å². The average Bonchev–Trinajstić information content (AvgIpc) is 2.29. The van der Waals surface area contributed by atoms with E-state index in [-0.39, 0.29) is 11.8 Å². The Morgan fingerprint density at radius 2 is 2.29 bits per heavy atom. The first-order chi connectivity index (χ1) is 6.68. The maximum atomic E-state index is 11.5. The van der Waals surface area contributed by atoms with Crippen molar-refractivity contribution in [3.63, 3.8) is 0 Å². The van der Waals surface area contributed by atoms with Gasteiger partial charge in [0.1, 0.15) is 0 Å². The third-order valence-electron chi connectivity index (χ3n) is 2.30. The molecular weight excluding hydrogens is 244 g/mol. The maximum Gasteiger partial charge on any atom is 0.229 e. The Morgan fingerprint density at radius 3 is 3.07 bits per heavy atom. The van der Waals surface area contributed by atoms with Crippen molar-refractivity contribution in [3.8, 4) is 0 Å². The fourth-order valence-corrected chi connectivity index (χ4v) is 1.92. The molecule has 1 aromatic carbocycles. The van der Waals surface area contributed by atoms with E-state index in [1.54, 1.807) is 0 Å². The molecule has 3 nitrogen and oxygen atoms in total. The van der Waals surface area contributed by atoms with Crippen LogP contribution in [0, 0.1) is 5.92 Å². The standard InChI is InChI=1S/C10H11BrN2O/c1-6-5-12-9-7(11)3-2-4-8(9)13-10(6)14/h2-4,6,12H,5H2,1H3,(H,13,14). The lowest BCUT2D eigenvalue weighted by Crippen LogP contribution is -2.22. The predicted octanol–water partition coefficient (Wildman–Crippen LogP) is 2.45. The monoisotopic (exact) mass is 254 g/mol. The Hall–Kier alpha value is -1.03. The quantitative estimate of drug-likeness (QED) is 0.747. The molecule has 0 saturated heterocycles. The molecular formula is C10H11BrN2O. The van der Waals surface area contributed by atoms with E-state index in [1.165, 1.54) is 0 Å². The van der Waals surface area contributed by atoms with E-state index in [9.17, 15) is 4.79 Å². The SMILES string of the molecule is CC1CNc2c(Br)cccc2NC1=O. The fraction of sp³-hybridized carbons (Fsp3) is 0.300. The van der Waals surface area contributed by atoms with Crippen LogP contribution < -0.4 is 10.6 Å². The molecule has 1 aliphatic heterocycles. The summed E-state index contributed by atoms with van der Waals surface area (Å²) in [5.41, 5.74) is 1.80. The predicted molar refractivity (Wildman–Crippen MR) is 60.4 cm³/mol. The molecule has 1 atom stereocenters. The third-order valence-corrected chi connectivity index (χ3v) is 2.96. The first-order valence-corrected chi connectivity index (χ1v) is 5.31. The van der Waals surface area contributed by atoms with Crippen LogP contribution in [0.25, 0.3) is 0 Å². The van der Waals surface area contributed by atoms with Gasteiger partial charge in [-0.3, -0.25) is 4.79 Å². The third kappa shape index (κ3) is 1.62. The smallest absolute Gasteiger partial charge is 0.229 e. The van der Waals surface area contributed by atoms with Crippen molar-refractivity contribution >= 4 is 33.2 Å². The van der Waals surface area contributed by atoms with Crippen LogP contribution >= 0.6 is 15.9 Å². The molecule has 1 unspecified atom stereocenters. The van der Waals surface area contributed by atoms with Gasteiger partial charge in [-0.1, -0.05) is 13.0 Å². The highest BCUT2D eigenvalue weighted by Gasteiger charge is 2.19. The summed E-state index contributed by atoms with van der Waals surface area (Å²) in [6, 6.07) is 5.75. The lowest BCUT2D eigenvalue weighted by molar-refractivity contribution is -0.118. The number of rotatable bonds is 0. The highest BCUT2D eigenvalue weighted by atomic mass is 79.9. The number of hydrogen-bond donors (Lipinski definition) is 2. The van der Waals surface area contributed by atoms with Crippen LogP contribution in [0.4, 0.5) is 11.4 Å². The molecule has 74 valence electrons. The number of nitrogens with one attached hydrogen (secondary N) is 2. The molecule has 14 heavy (non-hydrogen) atoms. The number of carbonyl (C=O) groups excluding carboxylic acids is 1. The molecule has 1 aromatic rings. The first kappa shape index (κ1) is 9.52. The van der Waals surface area contributed by atoms with Gasteiger partial charge in [0.15, 0.2) is 0 Å². The van der Waals surface area contributed by atoms with Crippen LogP contribution in [-0.4, -0.2) is 12.5 Å². The van der Waals surface area contributed by atoms with Crippen molar-refractivity contribution in [2.45, 2.75) is 6.92 Å². The molecule has 0 saturated carbocycles. The Bertz CT molecular complexity index is 378. The number of amides is 1. The van der Waals surface area contributed by atoms with Crippen LogP contribution in [0.1, 0.15) is 6.92 Å². The lowest BCUT2D eigenvalue weighted by Gasteiger charge is -2.08. The van der Waals surface area contributed by atoms with Gasteiger partial charge in [0, 0.05) is 11.0 Å². The normalized spacial score (nSPS) is 20.4. The molecule has 0 radical (unpaired) electrons. The minimum absolute atomic E-state index is 0.00528. The molecule has 0 aromatic heterocycles. The molecule has 1 amide bonds. The number of carbonyl (C=O) groups is 1. The zero-order valence-corrected chi connectivity index (χ0v) is 9.39. The molecule has 4 heteroatoms. The zero-order chi connectivity index (χ0) is 10.1. The minimum Gasteiger partial charge on any atom is -0.382 e. The van der Waals surface area contributed by atoms with Gasteiger partial charge in [0.25, 0.3) is 0 Å². The van der Waals surface area contributed by atoms with E-state index >= 15 is 0 Å². The van der Waals surface area contributed by atoms with Crippen molar-refractivity contribution in [2.75, 3.05) is 17.2 Å². The van der Waals surface area contributed by atoms with Gasteiger partial charge in [-0.2, -0.15) is 0 Å². The summed E-state index contributed by atoms with van der Waals surface area (Å²) in [7, 11) is 0. The minimum atomic E-state index is -0.00528. The maximum absolute atomic E-state index is 11.5. The number of hydrogen-bond acceptors (Lipinski definition) is 2. The first-order valence-electron chi connectivity index (χ1n) is 4.51. The molecule has 0 aliphatic carbocycles. The highest BCUT2D eigenvalue weighted by molar-refractivity contribution is 9.10. The summed E-state index contributed by atoms with van der Waals surface area (Å²) < 4.78 is 0.976. The Kier molecular flexibility index (Phi) is 2.46. The van der Waals surface area contributed by atoms with Crippen LogP contribution in [0.5, 0.6) is 0 Å². The van der Waals surface area contributed by atoms with E-state index in [4.69, 9.17) is 0 Å². The Labute approximate surface area is 91.0 Å². The zero-order valence-electron chi connectivity index (χ0n) is 7.80. The number of benzene rings is 1. The number of fused-ring (bicyclic) bond motifs is 1. The topological polar surface area (TPSA) is 41.1 Å². The fourth-order valence-electron chi connectivity index (χ4n) is 1.41. The molecule has 2 rings (SSSR count). The summed E-state index contributed by atoms with van der Waals surface area (Å²) in [6.45, 7) is 2.57. The summed E-state index contributed by atoms with van der Waals surface area (Å²) >= 11 is 3.44. The Morgan fingerprint density at radius 1 is 1.50 bits per heavy atom. The molecule has 0 bridgehead atoms. The summed E-state index contributed by atoms with van der Waals surface area (Å²) in [5.74, 6) is 0.0589. The van der Waals surface area contributed by atoms with E-state index in [1.807, 2.05) is 25.1 Å². The van der Waals surface area contributed by atoms with Crippen molar-refractivity contribution in [1.29, 1.82) is 0 Å². The van der Waals surface area contributed by atoms with Crippen molar-refractivity contribution in [2.24, 2.45) is 5.92 Å². The van der Waals surface area contributed by atoms with Gasteiger partial charge in [-0.05, 0) is 28.1 Å². The largest absolute Gasteiger partial charge is 0.382 e. The highest BCUT2D eigenvalue weighted by Crippen LogP contribution is 2.32. The van der Waals surface area contributed by atoms with Crippen LogP contribution in [-0.2, 0) is 4.79 Å². The number of anilines is 2. The summed E-state index contributed by atoms with van der Waals surface area (Å²) in [6.07, 6.45) is 0. The molecule has 0 fully saturated rings. The van der Waals surface area contributed by atoms with Crippen molar-refractivity contribution < 1.29 is 4.79 Å². The van der Waals surface area contributed by atoms with Gasteiger partial charge in [0.05, 0.1) is 17.3 Å². The van der Waals surface area contributed by atoms with Gasteiger partial charge in [-0.15, -0.1) is 0 Å². The number of halogens is 1. The second-order valence-corrected chi connectivity index (χ2v) is 4.29. The molecule has 2 N–H and O–H groups in total. The molecule has 1 aliphatic rings. The van der Waals surface area contributed by atoms with Gasteiger partial charge >= 0.3 is 0 Å². The van der Waals surface area contributed by atoms with Gasteiger partial charge in [0.2, 0.25) is 5.91 Å². The second-order valence-electron chi connectivity index (χ2n) is 3.43. The molecule has 1 heterocycles. The summed E-state index contributed by atoms with van der Waals surface area (Å²) in [4.78, 5) is 11.5. The van der Waals surface area contributed by atoms with E-state index in [0.717, 1.165) is 15.8 Å². The second kappa shape index (κ2) is 3.61. The number of para-hydroxylation sites is 1. The lowest BCUT2D eigenvalue weighted by atomic mass is 10.2. The van der Waals surface area contributed by atoms with Crippen LogP contribution in [0.15, 0.2) is 22.7 Å². The van der Waals surface area contributed by atoms with Crippen molar-refractivity contribution in [1.82, 2.24) is 0 Å². The molecule has 0 spiro atoms. The van der Waals surface area contributed by atoms with E-state index < -0.39 is 0 Å². The Balaban J connectivity index is 2.42. The summed E-state index contributed by atoms with van der Waals surface area (Å²) in [5, 5.41) is 6.12.